The molecular weight excluding hydrogens is 282 g/mol. The van der Waals surface area contributed by atoms with E-state index in [0.29, 0.717) is 6.04 Å². The molecule has 4 heteroatoms. The number of rotatable bonds is 7. The minimum absolute atomic E-state index is 0.377. The Morgan fingerprint density at radius 1 is 1.29 bits per heavy atom. The summed E-state index contributed by atoms with van der Waals surface area (Å²) in [7, 11) is 0. The monoisotopic (exact) mass is 303 g/mol. The van der Waals surface area contributed by atoms with Crippen molar-refractivity contribution < 1.29 is 9.90 Å². The first-order valence-corrected chi connectivity index (χ1v) is 8.08. The highest BCUT2D eigenvalue weighted by Gasteiger charge is 2.13. The zero-order valence-electron chi connectivity index (χ0n) is 12.4. The Morgan fingerprint density at radius 3 is 2.52 bits per heavy atom. The molecule has 0 saturated heterocycles. The Morgan fingerprint density at radius 2 is 2.00 bits per heavy atom. The van der Waals surface area contributed by atoms with Crippen molar-refractivity contribution in [1.29, 1.82) is 0 Å². The highest BCUT2D eigenvalue weighted by atomic mass is 32.1. The van der Waals surface area contributed by atoms with Gasteiger partial charge >= 0.3 is 5.97 Å². The van der Waals surface area contributed by atoms with Gasteiger partial charge in [0.2, 0.25) is 0 Å². The van der Waals surface area contributed by atoms with Crippen molar-refractivity contribution in [3.63, 3.8) is 0 Å². The number of hydrogen-bond donors (Lipinski definition) is 2. The van der Waals surface area contributed by atoms with Crippen LogP contribution in [0.3, 0.4) is 0 Å². The van der Waals surface area contributed by atoms with Gasteiger partial charge < -0.3 is 10.4 Å². The Labute approximate surface area is 129 Å². The standard InChI is InChI=1S/C17H21NO2S/c1-3-15(16-5-4-10-21-16)18-11-13-6-8-14(9-7-13)12(2)17(19)20/h4-10,12,15,18H,3,11H2,1-2H3,(H,19,20). The second-order valence-corrected chi connectivity index (χ2v) is 6.14. The van der Waals surface area contributed by atoms with Crippen molar-refractivity contribution in [2.75, 3.05) is 0 Å². The van der Waals surface area contributed by atoms with E-state index < -0.39 is 11.9 Å². The maximum atomic E-state index is 11.0. The highest BCUT2D eigenvalue weighted by Crippen LogP contribution is 2.22. The normalized spacial score (nSPS) is 13.8. The Kier molecular flexibility index (Phi) is 5.53. The SMILES string of the molecule is CCC(NCc1ccc(C(C)C(=O)O)cc1)c1cccs1. The van der Waals surface area contributed by atoms with E-state index in [1.165, 1.54) is 10.4 Å². The lowest BCUT2D eigenvalue weighted by Gasteiger charge is -2.16. The Hall–Kier alpha value is -1.65. The van der Waals surface area contributed by atoms with Crippen LogP contribution in [0.2, 0.25) is 0 Å². The molecule has 0 saturated carbocycles. The second kappa shape index (κ2) is 7.38. The molecule has 2 unspecified atom stereocenters. The van der Waals surface area contributed by atoms with Crippen molar-refractivity contribution in [2.24, 2.45) is 0 Å². The molecule has 0 aliphatic heterocycles. The van der Waals surface area contributed by atoms with Crippen LogP contribution in [-0.4, -0.2) is 11.1 Å². The molecule has 0 amide bonds. The summed E-state index contributed by atoms with van der Waals surface area (Å²) < 4.78 is 0. The molecule has 1 aromatic carbocycles. The maximum Gasteiger partial charge on any atom is 0.310 e. The van der Waals surface area contributed by atoms with Crippen LogP contribution in [0.5, 0.6) is 0 Å². The van der Waals surface area contributed by atoms with Gasteiger partial charge in [-0.3, -0.25) is 4.79 Å². The van der Waals surface area contributed by atoms with Crippen LogP contribution in [0.15, 0.2) is 41.8 Å². The number of nitrogens with one attached hydrogen (secondary N) is 1. The van der Waals surface area contributed by atoms with Gasteiger partial charge in [-0.1, -0.05) is 37.3 Å². The lowest BCUT2D eigenvalue weighted by molar-refractivity contribution is -0.138. The quantitative estimate of drug-likeness (QED) is 0.807. The third kappa shape index (κ3) is 4.16. The smallest absolute Gasteiger partial charge is 0.310 e. The molecule has 2 rings (SSSR count). The summed E-state index contributed by atoms with van der Waals surface area (Å²) in [4.78, 5) is 12.3. The van der Waals surface area contributed by atoms with E-state index in [1.54, 1.807) is 18.3 Å². The molecule has 0 aliphatic rings. The molecule has 2 atom stereocenters. The van der Waals surface area contributed by atoms with Gasteiger partial charge in [0, 0.05) is 17.5 Å². The summed E-state index contributed by atoms with van der Waals surface area (Å²) in [5.41, 5.74) is 2.02. The van der Waals surface area contributed by atoms with E-state index in [0.717, 1.165) is 18.5 Å². The van der Waals surface area contributed by atoms with Crippen molar-refractivity contribution in [2.45, 2.75) is 38.8 Å². The summed E-state index contributed by atoms with van der Waals surface area (Å²) in [6.45, 7) is 4.67. The average Bonchev–Trinajstić information content (AvgIpc) is 3.02. The summed E-state index contributed by atoms with van der Waals surface area (Å²) >= 11 is 1.77. The zero-order chi connectivity index (χ0) is 15.2. The molecule has 0 fully saturated rings. The first-order valence-electron chi connectivity index (χ1n) is 7.20. The van der Waals surface area contributed by atoms with Crippen molar-refractivity contribution >= 4 is 17.3 Å². The first-order chi connectivity index (χ1) is 10.1. The molecule has 1 aromatic heterocycles. The topological polar surface area (TPSA) is 49.3 Å². The molecule has 2 N–H and O–H groups in total. The summed E-state index contributed by atoms with van der Waals surface area (Å²) in [5.74, 6) is -1.24. The van der Waals surface area contributed by atoms with Gasteiger partial charge in [0.15, 0.2) is 0 Å². The van der Waals surface area contributed by atoms with Gasteiger partial charge in [0.05, 0.1) is 5.92 Å². The lowest BCUT2D eigenvalue weighted by Crippen LogP contribution is -2.19. The zero-order valence-corrected chi connectivity index (χ0v) is 13.2. The third-order valence-corrected chi connectivity index (χ3v) is 4.68. The number of aliphatic carboxylic acids is 1. The molecule has 21 heavy (non-hydrogen) atoms. The van der Waals surface area contributed by atoms with Gasteiger partial charge in [0.1, 0.15) is 0 Å². The van der Waals surface area contributed by atoms with Gasteiger partial charge in [-0.15, -0.1) is 11.3 Å². The molecule has 112 valence electrons. The highest BCUT2D eigenvalue weighted by molar-refractivity contribution is 7.10. The second-order valence-electron chi connectivity index (χ2n) is 5.16. The number of carboxylic acid groups (broad SMARTS) is 1. The third-order valence-electron chi connectivity index (χ3n) is 3.70. The van der Waals surface area contributed by atoms with E-state index in [2.05, 4.69) is 29.8 Å². The summed E-state index contributed by atoms with van der Waals surface area (Å²) in [6.07, 6.45) is 1.05. The molecule has 0 radical (unpaired) electrons. The molecule has 1 heterocycles. The van der Waals surface area contributed by atoms with Crippen LogP contribution < -0.4 is 5.32 Å². The van der Waals surface area contributed by atoms with E-state index in [1.807, 2.05) is 24.3 Å². The molecule has 0 spiro atoms. The van der Waals surface area contributed by atoms with E-state index in [4.69, 9.17) is 5.11 Å². The predicted octanol–water partition coefficient (Wildman–Crippen LogP) is 4.18. The van der Waals surface area contributed by atoms with E-state index >= 15 is 0 Å². The number of benzene rings is 1. The minimum atomic E-state index is -0.787. The Bertz CT molecular complexity index is 563. The van der Waals surface area contributed by atoms with E-state index in [-0.39, 0.29) is 0 Å². The van der Waals surface area contributed by atoms with Gasteiger partial charge in [0.25, 0.3) is 0 Å². The fourth-order valence-electron chi connectivity index (χ4n) is 2.24. The lowest BCUT2D eigenvalue weighted by atomic mass is 10.00. The van der Waals surface area contributed by atoms with Gasteiger partial charge in [-0.05, 0) is 35.9 Å². The van der Waals surface area contributed by atoms with Crippen LogP contribution in [-0.2, 0) is 11.3 Å². The summed E-state index contributed by atoms with van der Waals surface area (Å²) in [6, 6.07) is 12.4. The fraction of sp³-hybridized carbons (Fsp3) is 0.353. The number of carboxylic acids is 1. The molecule has 2 aromatic rings. The Balaban J connectivity index is 1.96. The molecule has 0 aliphatic carbocycles. The maximum absolute atomic E-state index is 11.0. The minimum Gasteiger partial charge on any atom is -0.481 e. The molecule has 3 nitrogen and oxygen atoms in total. The van der Waals surface area contributed by atoms with Crippen molar-refractivity contribution in [3.05, 3.63) is 57.8 Å². The van der Waals surface area contributed by atoms with Crippen LogP contribution in [0.25, 0.3) is 0 Å². The largest absolute Gasteiger partial charge is 0.481 e. The fourth-order valence-corrected chi connectivity index (χ4v) is 3.13. The van der Waals surface area contributed by atoms with Gasteiger partial charge in [-0.2, -0.15) is 0 Å². The van der Waals surface area contributed by atoms with Crippen LogP contribution in [0, 0.1) is 0 Å². The number of thiophene rings is 1. The predicted molar refractivity (Wildman–Crippen MR) is 86.7 cm³/mol. The van der Waals surface area contributed by atoms with Crippen LogP contribution >= 0.6 is 11.3 Å². The van der Waals surface area contributed by atoms with E-state index in [9.17, 15) is 4.79 Å². The summed E-state index contributed by atoms with van der Waals surface area (Å²) in [5, 5.41) is 14.7. The van der Waals surface area contributed by atoms with Crippen LogP contribution in [0.4, 0.5) is 0 Å². The molecule has 0 bridgehead atoms. The van der Waals surface area contributed by atoms with Gasteiger partial charge in [-0.25, -0.2) is 0 Å². The van der Waals surface area contributed by atoms with Crippen molar-refractivity contribution in [3.8, 4) is 0 Å². The average molecular weight is 303 g/mol. The first kappa shape index (κ1) is 15.7. The van der Waals surface area contributed by atoms with Crippen LogP contribution in [0.1, 0.15) is 48.2 Å². The van der Waals surface area contributed by atoms with Crippen molar-refractivity contribution in [1.82, 2.24) is 5.32 Å². The molecular formula is C17H21NO2S. The number of carbonyl (C=O) groups is 1. The number of hydrogen-bond acceptors (Lipinski definition) is 3.